The molecule has 0 fully saturated rings. The summed E-state index contributed by atoms with van der Waals surface area (Å²) in [7, 11) is 1.55. The number of ether oxygens (including phenoxy) is 3. The van der Waals surface area contributed by atoms with E-state index in [-0.39, 0.29) is 6.61 Å². The lowest BCUT2D eigenvalue weighted by Crippen LogP contribution is -2.24. The maximum absolute atomic E-state index is 11.9. The van der Waals surface area contributed by atoms with E-state index in [1.807, 2.05) is 24.3 Å². The summed E-state index contributed by atoms with van der Waals surface area (Å²) in [6, 6.07) is 19.7. The second-order valence-electron chi connectivity index (χ2n) is 6.34. The Bertz CT molecular complexity index is 1060. The highest BCUT2D eigenvalue weighted by Gasteiger charge is 2.07. The molecule has 0 aliphatic heterocycles. The van der Waals surface area contributed by atoms with Crippen molar-refractivity contribution in [2.75, 3.05) is 13.7 Å². The second-order valence-corrected chi connectivity index (χ2v) is 7.18. The van der Waals surface area contributed by atoms with E-state index in [0.717, 1.165) is 11.1 Å². The van der Waals surface area contributed by atoms with Crippen LogP contribution in [-0.2, 0) is 11.4 Å². The third kappa shape index (κ3) is 6.91. The summed E-state index contributed by atoms with van der Waals surface area (Å²) < 4.78 is 16.6. The highest BCUT2D eigenvalue weighted by molar-refractivity contribution is 6.32. The van der Waals surface area contributed by atoms with E-state index in [4.69, 9.17) is 37.4 Å². The Morgan fingerprint density at radius 1 is 0.968 bits per heavy atom. The van der Waals surface area contributed by atoms with Gasteiger partial charge < -0.3 is 14.2 Å². The van der Waals surface area contributed by atoms with E-state index in [1.165, 1.54) is 6.21 Å². The molecule has 0 saturated heterocycles. The van der Waals surface area contributed by atoms with Crippen LogP contribution in [0.15, 0.2) is 71.8 Å². The largest absolute Gasteiger partial charge is 0.493 e. The van der Waals surface area contributed by atoms with Crippen LogP contribution in [0.1, 0.15) is 11.1 Å². The molecule has 3 aromatic carbocycles. The Hall–Kier alpha value is -3.22. The molecule has 1 N–H and O–H groups in total. The predicted molar refractivity (Wildman–Crippen MR) is 121 cm³/mol. The van der Waals surface area contributed by atoms with Crippen molar-refractivity contribution >= 4 is 35.3 Å². The van der Waals surface area contributed by atoms with E-state index in [9.17, 15) is 4.79 Å². The lowest BCUT2D eigenvalue weighted by Gasteiger charge is -2.11. The molecule has 0 bridgehead atoms. The van der Waals surface area contributed by atoms with Crippen LogP contribution in [0, 0.1) is 0 Å². The van der Waals surface area contributed by atoms with Crippen LogP contribution in [0.2, 0.25) is 10.0 Å². The maximum Gasteiger partial charge on any atom is 0.277 e. The fraction of sp³-hybridized carbons (Fsp3) is 0.130. The summed E-state index contributed by atoms with van der Waals surface area (Å²) in [5.41, 5.74) is 4.11. The van der Waals surface area contributed by atoms with Crippen molar-refractivity contribution in [1.82, 2.24) is 5.43 Å². The average molecular weight is 459 g/mol. The van der Waals surface area contributed by atoms with Crippen molar-refractivity contribution in [1.29, 1.82) is 0 Å². The van der Waals surface area contributed by atoms with Gasteiger partial charge >= 0.3 is 0 Å². The lowest BCUT2D eigenvalue weighted by atomic mass is 10.2. The fourth-order valence-electron chi connectivity index (χ4n) is 2.54. The third-order valence-electron chi connectivity index (χ3n) is 4.09. The van der Waals surface area contributed by atoms with Gasteiger partial charge in [0.2, 0.25) is 0 Å². The molecule has 3 aromatic rings. The van der Waals surface area contributed by atoms with Gasteiger partial charge in [-0.05, 0) is 53.6 Å². The van der Waals surface area contributed by atoms with Gasteiger partial charge in [0.05, 0.1) is 18.3 Å². The van der Waals surface area contributed by atoms with Gasteiger partial charge in [-0.2, -0.15) is 5.10 Å². The van der Waals surface area contributed by atoms with Gasteiger partial charge in [-0.25, -0.2) is 5.43 Å². The molecule has 8 heteroatoms. The van der Waals surface area contributed by atoms with E-state index in [0.29, 0.717) is 33.9 Å². The summed E-state index contributed by atoms with van der Waals surface area (Å²) in [4.78, 5) is 11.9. The number of nitrogens with one attached hydrogen (secondary N) is 1. The molecular formula is C23H20Cl2N2O4. The number of benzene rings is 3. The molecule has 0 aromatic heterocycles. The summed E-state index contributed by atoms with van der Waals surface area (Å²) in [6.07, 6.45) is 1.50. The fourth-order valence-corrected chi connectivity index (χ4v) is 2.86. The minimum absolute atomic E-state index is 0.206. The first-order valence-electron chi connectivity index (χ1n) is 9.29. The van der Waals surface area contributed by atoms with Crippen LogP contribution in [-0.4, -0.2) is 25.8 Å². The van der Waals surface area contributed by atoms with Gasteiger partial charge in [0.25, 0.3) is 5.91 Å². The number of hydrogen-bond donors (Lipinski definition) is 1. The molecule has 0 atom stereocenters. The molecule has 0 radical (unpaired) electrons. The van der Waals surface area contributed by atoms with Crippen molar-refractivity contribution in [3.8, 4) is 17.2 Å². The predicted octanol–water partition coefficient (Wildman–Crippen LogP) is 5.11. The molecule has 1 amide bonds. The number of rotatable bonds is 9. The molecule has 0 heterocycles. The number of hydrogen-bond acceptors (Lipinski definition) is 5. The quantitative estimate of drug-likeness (QED) is 0.357. The maximum atomic E-state index is 11.9. The van der Waals surface area contributed by atoms with Crippen molar-refractivity contribution in [2.24, 2.45) is 5.10 Å². The average Bonchev–Trinajstić information content (AvgIpc) is 2.78. The summed E-state index contributed by atoms with van der Waals surface area (Å²) in [5.74, 6) is 1.16. The number of hydrazone groups is 1. The molecule has 3 rings (SSSR count). The second kappa shape index (κ2) is 11.2. The van der Waals surface area contributed by atoms with Gasteiger partial charge in [0.1, 0.15) is 12.4 Å². The zero-order valence-corrected chi connectivity index (χ0v) is 18.2. The van der Waals surface area contributed by atoms with Crippen LogP contribution < -0.4 is 19.6 Å². The zero-order chi connectivity index (χ0) is 22.1. The van der Waals surface area contributed by atoms with E-state index in [2.05, 4.69) is 10.5 Å². The van der Waals surface area contributed by atoms with Gasteiger partial charge in [-0.1, -0.05) is 47.5 Å². The lowest BCUT2D eigenvalue weighted by molar-refractivity contribution is -0.123. The first-order chi connectivity index (χ1) is 15.0. The SMILES string of the molecule is COc1cc(/C=N/NC(=O)COc2ccccc2Cl)ccc1OCc1ccc(Cl)cc1. The van der Waals surface area contributed by atoms with Gasteiger partial charge in [-0.3, -0.25) is 4.79 Å². The third-order valence-corrected chi connectivity index (χ3v) is 4.66. The number of nitrogens with zero attached hydrogens (tertiary/aromatic N) is 1. The number of para-hydroxylation sites is 1. The van der Waals surface area contributed by atoms with Crippen molar-refractivity contribution in [3.05, 3.63) is 87.9 Å². The van der Waals surface area contributed by atoms with Crippen molar-refractivity contribution in [3.63, 3.8) is 0 Å². The zero-order valence-electron chi connectivity index (χ0n) is 16.7. The monoisotopic (exact) mass is 458 g/mol. The molecule has 160 valence electrons. The Morgan fingerprint density at radius 2 is 1.74 bits per heavy atom. The number of carbonyl (C=O) groups excluding carboxylic acids is 1. The molecule has 0 unspecified atom stereocenters. The smallest absolute Gasteiger partial charge is 0.277 e. The topological polar surface area (TPSA) is 69.2 Å². The summed E-state index contributed by atoms with van der Waals surface area (Å²) in [5, 5.41) is 5.04. The number of amides is 1. The summed E-state index contributed by atoms with van der Waals surface area (Å²) in [6.45, 7) is 0.171. The van der Waals surface area contributed by atoms with Crippen LogP contribution in [0.25, 0.3) is 0 Å². The molecule has 0 aliphatic carbocycles. The molecule has 0 spiro atoms. The highest BCUT2D eigenvalue weighted by Crippen LogP contribution is 2.28. The normalized spacial score (nSPS) is 10.7. The van der Waals surface area contributed by atoms with Gasteiger partial charge in [0, 0.05) is 5.02 Å². The van der Waals surface area contributed by atoms with Gasteiger partial charge in [-0.15, -0.1) is 0 Å². The Balaban J connectivity index is 1.52. The first kappa shape index (κ1) is 22.5. The standard InChI is InChI=1S/C23H20Cl2N2O4/c1-29-22-12-17(8-11-21(22)30-14-16-6-9-18(24)10-7-16)13-26-27-23(28)15-31-20-5-3-2-4-19(20)25/h2-13H,14-15H2,1H3,(H,27,28)/b26-13+. The van der Waals surface area contributed by atoms with Crippen LogP contribution >= 0.6 is 23.2 Å². The molecular weight excluding hydrogens is 439 g/mol. The van der Waals surface area contributed by atoms with Crippen LogP contribution in [0.5, 0.6) is 17.2 Å². The Morgan fingerprint density at radius 3 is 2.48 bits per heavy atom. The molecule has 0 saturated carbocycles. The molecule has 6 nitrogen and oxygen atoms in total. The van der Waals surface area contributed by atoms with Crippen molar-refractivity contribution < 1.29 is 19.0 Å². The number of methoxy groups -OCH3 is 1. The Labute approximate surface area is 190 Å². The number of carbonyl (C=O) groups is 1. The highest BCUT2D eigenvalue weighted by atomic mass is 35.5. The minimum atomic E-state index is -0.411. The minimum Gasteiger partial charge on any atom is -0.493 e. The van der Waals surface area contributed by atoms with Crippen LogP contribution in [0.3, 0.4) is 0 Å². The van der Waals surface area contributed by atoms with E-state index in [1.54, 1.807) is 49.6 Å². The first-order valence-corrected chi connectivity index (χ1v) is 10.1. The number of halogens is 2. The molecule has 31 heavy (non-hydrogen) atoms. The van der Waals surface area contributed by atoms with E-state index >= 15 is 0 Å². The van der Waals surface area contributed by atoms with E-state index < -0.39 is 5.91 Å². The van der Waals surface area contributed by atoms with Crippen molar-refractivity contribution in [2.45, 2.75) is 6.61 Å². The Kier molecular flexibility index (Phi) is 8.15. The summed E-state index contributed by atoms with van der Waals surface area (Å²) >= 11 is 11.9. The molecule has 0 aliphatic rings. The van der Waals surface area contributed by atoms with Crippen LogP contribution in [0.4, 0.5) is 0 Å². The van der Waals surface area contributed by atoms with Gasteiger partial charge in [0.15, 0.2) is 18.1 Å².